The Labute approximate surface area is 136 Å². The monoisotopic (exact) mass is 374 g/mol. The van der Waals surface area contributed by atoms with Crippen LogP contribution in [0.15, 0.2) is 21.5 Å². The van der Waals surface area contributed by atoms with E-state index in [4.69, 9.17) is 0 Å². The first-order valence-electron chi connectivity index (χ1n) is 7.46. The van der Waals surface area contributed by atoms with Crippen LogP contribution in [0.1, 0.15) is 37.3 Å². The molecule has 0 unspecified atom stereocenters. The summed E-state index contributed by atoms with van der Waals surface area (Å²) in [5, 5.41) is 3.32. The molecule has 0 aliphatic carbocycles. The molecule has 1 aliphatic heterocycles. The van der Waals surface area contributed by atoms with Gasteiger partial charge in [0.2, 0.25) is 10.0 Å². The van der Waals surface area contributed by atoms with Gasteiger partial charge in [0.25, 0.3) is 0 Å². The molecule has 118 valence electrons. The number of benzene rings is 1. The third-order valence-corrected chi connectivity index (χ3v) is 6.96. The highest BCUT2D eigenvalue weighted by Gasteiger charge is 2.29. The van der Waals surface area contributed by atoms with Crippen molar-refractivity contribution in [3.8, 4) is 0 Å². The van der Waals surface area contributed by atoms with E-state index in [-0.39, 0.29) is 0 Å². The standard InChI is InChI=1S/C15H23BrN2O2S/c1-3-6-17-11-13-9-12(2)15(16)14(10-13)21(19,20)18-7-4-5-8-18/h9-10,17H,3-8,11H2,1-2H3. The van der Waals surface area contributed by atoms with Gasteiger partial charge in [0.1, 0.15) is 0 Å². The Bertz CT molecular complexity index is 596. The molecule has 4 nitrogen and oxygen atoms in total. The van der Waals surface area contributed by atoms with Crippen molar-refractivity contribution >= 4 is 26.0 Å². The lowest BCUT2D eigenvalue weighted by atomic mass is 10.1. The summed E-state index contributed by atoms with van der Waals surface area (Å²) in [6.07, 6.45) is 2.97. The number of sulfonamides is 1. The number of hydrogen-bond acceptors (Lipinski definition) is 3. The fourth-order valence-corrected chi connectivity index (χ4v) is 5.12. The Kier molecular flexibility index (Phi) is 5.82. The van der Waals surface area contributed by atoms with Crippen LogP contribution in [0.4, 0.5) is 0 Å². The maximum absolute atomic E-state index is 12.8. The van der Waals surface area contributed by atoms with Crippen molar-refractivity contribution in [1.29, 1.82) is 0 Å². The molecule has 1 N–H and O–H groups in total. The predicted molar refractivity (Wildman–Crippen MR) is 88.9 cm³/mol. The highest BCUT2D eigenvalue weighted by molar-refractivity contribution is 9.10. The van der Waals surface area contributed by atoms with Gasteiger partial charge in [-0.2, -0.15) is 4.31 Å². The summed E-state index contributed by atoms with van der Waals surface area (Å²) in [6, 6.07) is 3.84. The average Bonchev–Trinajstić information content (AvgIpc) is 2.97. The Morgan fingerprint density at radius 1 is 1.29 bits per heavy atom. The van der Waals surface area contributed by atoms with E-state index < -0.39 is 10.0 Å². The molecule has 1 fully saturated rings. The summed E-state index contributed by atoms with van der Waals surface area (Å²) in [4.78, 5) is 0.401. The molecule has 2 rings (SSSR count). The molecule has 0 radical (unpaired) electrons. The van der Waals surface area contributed by atoms with Crippen LogP contribution in [-0.4, -0.2) is 32.4 Å². The van der Waals surface area contributed by atoms with Gasteiger partial charge in [0.15, 0.2) is 0 Å². The van der Waals surface area contributed by atoms with E-state index in [0.717, 1.165) is 36.9 Å². The molecule has 1 aromatic rings. The second-order valence-electron chi connectivity index (χ2n) is 5.51. The first-order chi connectivity index (χ1) is 9.96. The molecule has 0 aromatic heterocycles. The van der Waals surface area contributed by atoms with Gasteiger partial charge in [-0.05, 0) is 65.9 Å². The molecular weight excluding hydrogens is 352 g/mol. The summed E-state index contributed by atoms with van der Waals surface area (Å²) in [6.45, 7) is 6.95. The number of aryl methyl sites for hydroxylation is 1. The maximum Gasteiger partial charge on any atom is 0.244 e. The number of nitrogens with one attached hydrogen (secondary N) is 1. The topological polar surface area (TPSA) is 49.4 Å². The molecule has 1 saturated heterocycles. The molecular formula is C15H23BrN2O2S. The third kappa shape index (κ3) is 3.86. The summed E-state index contributed by atoms with van der Waals surface area (Å²) in [7, 11) is -3.39. The van der Waals surface area contributed by atoms with Crippen LogP contribution < -0.4 is 5.32 Å². The summed E-state index contributed by atoms with van der Waals surface area (Å²) in [5.41, 5.74) is 1.98. The quantitative estimate of drug-likeness (QED) is 0.778. The van der Waals surface area contributed by atoms with Crippen molar-refractivity contribution < 1.29 is 8.42 Å². The number of nitrogens with zero attached hydrogens (tertiary/aromatic N) is 1. The Balaban J connectivity index is 2.33. The zero-order valence-electron chi connectivity index (χ0n) is 12.7. The first-order valence-corrected chi connectivity index (χ1v) is 9.70. The minimum atomic E-state index is -3.39. The second-order valence-corrected chi connectivity index (χ2v) is 8.21. The van der Waals surface area contributed by atoms with Crippen molar-refractivity contribution in [3.63, 3.8) is 0 Å². The van der Waals surface area contributed by atoms with Crippen molar-refractivity contribution in [2.75, 3.05) is 19.6 Å². The van der Waals surface area contributed by atoms with Gasteiger partial charge in [-0.25, -0.2) is 8.42 Å². The van der Waals surface area contributed by atoms with Crippen LogP contribution in [0, 0.1) is 6.92 Å². The summed E-state index contributed by atoms with van der Waals surface area (Å²) >= 11 is 3.45. The fourth-order valence-electron chi connectivity index (χ4n) is 2.58. The molecule has 1 heterocycles. The van der Waals surface area contributed by atoms with E-state index in [9.17, 15) is 8.42 Å². The van der Waals surface area contributed by atoms with Crippen LogP contribution >= 0.6 is 15.9 Å². The van der Waals surface area contributed by atoms with E-state index in [2.05, 4.69) is 28.2 Å². The van der Waals surface area contributed by atoms with Crippen molar-refractivity contribution in [3.05, 3.63) is 27.7 Å². The van der Waals surface area contributed by atoms with E-state index in [0.29, 0.717) is 29.0 Å². The van der Waals surface area contributed by atoms with Crippen LogP contribution in [-0.2, 0) is 16.6 Å². The van der Waals surface area contributed by atoms with E-state index in [1.807, 2.05) is 13.0 Å². The molecule has 21 heavy (non-hydrogen) atoms. The normalized spacial score (nSPS) is 16.5. The average molecular weight is 375 g/mol. The van der Waals surface area contributed by atoms with Gasteiger partial charge in [-0.1, -0.05) is 13.0 Å². The van der Waals surface area contributed by atoms with Crippen LogP contribution in [0.25, 0.3) is 0 Å². The largest absolute Gasteiger partial charge is 0.313 e. The van der Waals surface area contributed by atoms with E-state index in [1.54, 1.807) is 10.4 Å². The highest BCUT2D eigenvalue weighted by atomic mass is 79.9. The third-order valence-electron chi connectivity index (χ3n) is 3.72. The van der Waals surface area contributed by atoms with Crippen molar-refractivity contribution in [2.45, 2.75) is 44.6 Å². The van der Waals surface area contributed by atoms with Crippen LogP contribution in [0.3, 0.4) is 0 Å². The summed E-state index contributed by atoms with van der Waals surface area (Å²) < 4.78 is 27.8. The molecule has 0 spiro atoms. The molecule has 0 bridgehead atoms. The number of hydrogen-bond donors (Lipinski definition) is 1. The lowest BCUT2D eigenvalue weighted by Crippen LogP contribution is -2.28. The van der Waals surface area contributed by atoms with Gasteiger partial charge in [-0.15, -0.1) is 0 Å². The highest BCUT2D eigenvalue weighted by Crippen LogP contribution is 2.31. The van der Waals surface area contributed by atoms with Gasteiger partial charge in [0.05, 0.1) is 4.90 Å². The van der Waals surface area contributed by atoms with Gasteiger partial charge in [-0.3, -0.25) is 0 Å². The van der Waals surface area contributed by atoms with E-state index >= 15 is 0 Å². The molecule has 0 amide bonds. The number of halogens is 1. The minimum absolute atomic E-state index is 0.401. The molecule has 0 atom stereocenters. The Morgan fingerprint density at radius 2 is 1.95 bits per heavy atom. The molecule has 0 saturated carbocycles. The van der Waals surface area contributed by atoms with Gasteiger partial charge >= 0.3 is 0 Å². The predicted octanol–water partition coefficient (Wildman–Crippen LogP) is 3.04. The van der Waals surface area contributed by atoms with Crippen molar-refractivity contribution in [2.24, 2.45) is 0 Å². The van der Waals surface area contributed by atoms with Gasteiger partial charge < -0.3 is 5.32 Å². The first kappa shape index (κ1) is 16.9. The van der Waals surface area contributed by atoms with Crippen LogP contribution in [0.5, 0.6) is 0 Å². The molecule has 1 aliphatic rings. The second kappa shape index (κ2) is 7.22. The molecule has 6 heteroatoms. The lowest BCUT2D eigenvalue weighted by molar-refractivity contribution is 0.477. The maximum atomic E-state index is 12.8. The minimum Gasteiger partial charge on any atom is -0.313 e. The SMILES string of the molecule is CCCNCc1cc(C)c(Br)c(S(=O)(=O)N2CCCC2)c1. The van der Waals surface area contributed by atoms with E-state index in [1.165, 1.54) is 0 Å². The van der Waals surface area contributed by atoms with Gasteiger partial charge in [0, 0.05) is 24.1 Å². The Morgan fingerprint density at radius 3 is 2.57 bits per heavy atom. The fraction of sp³-hybridized carbons (Fsp3) is 0.600. The zero-order valence-corrected chi connectivity index (χ0v) is 15.1. The van der Waals surface area contributed by atoms with Crippen molar-refractivity contribution in [1.82, 2.24) is 9.62 Å². The summed E-state index contributed by atoms with van der Waals surface area (Å²) in [5.74, 6) is 0. The smallest absolute Gasteiger partial charge is 0.244 e. The van der Waals surface area contributed by atoms with Crippen LogP contribution in [0.2, 0.25) is 0 Å². The molecule has 1 aromatic carbocycles. The lowest BCUT2D eigenvalue weighted by Gasteiger charge is -2.18. The zero-order chi connectivity index (χ0) is 15.5. The number of rotatable bonds is 6. The Hall–Kier alpha value is -0.430.